The highest BCUT2D eigenvalue weighted by Crippen LogP contribution is 2.42. The molecule has 4 aromatic rings. The van der Waals surface area contributed by atoms with Crippen LogP contribution >= 0.6 is 11.3 Å². The molecule has 1 aliphatic carbocycles. The fraction of sp³-hybridized carbons (Fsp3) is 0.105. The summed E-state index contributed by atoms with van der Waals surface area (Å²) in [6.07, 6.45) is 8.68. The maximum Gasteiger partial charge on any atom is 0.117 e. The topological polar surface area (TPSA) is 70.2 Å². The van der Waals surface area contributed by atoms with Crippen LogP contribution in [0.4, 0.5) is 0 Å². The van der Waals surface area contributed by atoms with E-state index >= 15 is 0 Å². The van der Waals surface area contributed by atoms with Crippen LogP contribution in [0.2, 0.25) is 0 Å². The van der Waals surface area contributed by atoms with Crippen molar-refractivity contribution in [1.82, 2.24) is 25.1 Å². The molecule has 2 N–H and O–H groups in total. The van der Waals surface area contributed by atoms with Crippen LogP contribution in [0.3, 0.4) is 0 Å². The molecule has 122 valence electrons. The number of aromatic nitrogens is 5. The van der Waals surface area contributed by atoms with Gasteiger partial charge in [-0.2, -0.15) is 5.10 Å². The highest BCUT2D eigenvalue weighted by atomic mass is 32.1. The number of allylic oxidation sites excluding steroid dienone is 1. The molecule has 0 amide bonds. The number of thiazole rings is 1. The van der Waals surface area contributed by atoms with Gasteiger partial charge in [0.1, 0.15) is 5.69 Å². The largest absolute Gasteiger partial charge is 0.343 e. The Morgan fingerprint density at radius 1 is 1.16 bits per heavy atom. The van der Waals surface area contributed by atoms with Gasteiger partial charge in [0.15, 0.2) is 0 Å². The molecule has 3 aromatic heterocycles. The van der Waals surface area contributed by atoms with Gasteiger partial charge in [0.2, 0.25) is 0 Å². The third-order valence-electron chi connectivity index (χ3n) is 4.80. The number of fused-ring (bicyclic) bond motifs is 1. The van der Waals surface area contributed by atoms with E-state index in [0.717, 1.165) is 34.8 Å². The van der Waals surface area contributed by atoms with Gasteiger partial charge in [0, 0.05) is 23.1 Å². The lowest BCUT2D eigenvalue weighted by Crippen LogP contribution is -2.30. The number of hydrogen-bond donors (Lipinski definition) is 2. The first-order valence-corrected chi connectivity index (χ1v) is 9.00. The van der Waals surface area contributed by atoms with Gasteiger partial charge in [-0.25, -0.2) is 9.97 Å². The zero-order chi connectivity index (χ0) is 16.7. The van der Waals surface area contributed by atoms with Crippen molar-refractivity contribution in [3.8, 4) is 11.4 Å². The maximum atomic E-state index is 4.63. The van der Waals surface area contributed by atoms with E-state index < -0.39 is 0 Å². The van der Waals surface area contributed by atoms with Crippen molar-refractivity contribution in [2.24, 2.45) is 0 Å². The minimum Gasteiger partial charge on any atom is -0.343 e. The molecule has 0 saturated carbocycles. The average molecular weight is 345 g/mol. The number of rotatable bonds is 3. The lowest BCUT2D eigenvalue weighted by Gasteiger charge is -2.32. The van der Waals surface area contributed by atoms with E-state index in [-0.39, 0.29) is 5.41 Å². The summed E-state index contributed by atoms with van der Waals surface area (Å²) in [6, 6.07) is 10.5. The van der Waals surface area contributed by atoms with Crippen molar-refractivity contribution in [2.75, 3.05) is 0 Å². The van der Waals surface area contributed by atoms with E-state index in [9.17, 15) is 0 Å². The monoisotopic (exact) mass is 345 g/mol. The summed E-state index contributed by atoms with van der Waals surface area (Å²) in [4.78, 5) is 11.9. The average Bonchev–Trinajstić information content (AvgIpc) is 3.42. The minimum absolute atomic E-state index is 0.272. The lowest BCUT2D eigenvalue weighted by molar-refractivity contribution is 0.605. The molecule has 1 aliphatic rings. The molecule has 3 heterocycles. The Bertz CT molecular complexity index is 1020. The fourth-order valence-electron chi connectivity index (χ4n) is 3.55. The van der Waals surface area contributed by atoms with E-state index in [1.807, 2.05) is 11.6 Å². The first-order valence-electron chi connectivity index (χ1n) is 8.06. The zero-order valence-electron chi connectivity index (χ0n) is 13.3. The van der Waals surface area contributed by atoms with Crippen molar-refractivity contribution >= 4 is 17.4 Å². The van der Waals surface area contributed by atoms with E-state index in [1.165, 1.54) is 5.56 Å². The van der Waals surface area contributed by atoms with Gasteiger partial charge in [-0.1, -0.05) is 42.5 Å². The second kappa shape index (κ2) is 5.53. The highest BCUT2D eigenvalue weighted by Gasteiger charge is 2.38. The predicted octanol–water partition coefficient (Wildman–Crippen LogP) is 3.81. The molecular weight excluding hydrogens is 330 g/mol. The summed E-state index contributed by atoms with van der Waals surface area (Å²) in [5, 5.41) is 9.88. The van der Waals surface area contributed by atoms with Crippen LogP contribution in [0.5, 0.6) is 0 Å². The smallest absolute Gasteiger partial charge is 0.117 e. The molecule has 0 bridgehead atoms. The number of aromatic amines is 2. The van der Waals surface area contributed by atoms with Crippen molar-refractivity contribution in [1.29, 1.82) is 0 Å². The summed E-state index contributed by atoms with van der Waals surface area (Å²) < 4.78 is 0. The van der Waals surface area contributed by atoms with Crippen molar-refractivity contribution in [3.05, 3.63) is 82.3 Å². The van der Waals surface area contributed by atoms with Crippen LogP contribution in [-0.4, -0.2) is 25.1 Å². The van der Waals surface area contributed by atoms with Gasteiger partial charge in [-0.15, -0.1) is 11.3 Å². The fourth-order valence-corrected chi connectivity index (χ4v) is 4.18. The molecule has 6 heteroatoms. The number of imidazole rings is 1. The Kier molecular flexibility index (Phi) is 3.18. The molecule has 0 fully saturated rings. The standard InChI is InChI=1S/C19H15N5S/c1-2-4-13(5-3-1)19(17-10-25-12-22-17)7-6-14-15(8-19)23-24-18(14)16-9-20-11-21-16/h1-7,9-12H,8H2,(H,20,21)(H,23,24). The van der Waals surface area contributed by atoms with Gasteiger partial charge in [0.25, 0.3) is 0 Å². The zero-order valence-corrected chi connectivity index (χ0v) is 14.1. The molecule has 1 aromatic carbocycles. The summed E-state index contributed by atoms with van der Waals surface area (Å²) >= 11 is 1.63. The predicted molar refractivity (Wildman–Crippen MR) is 98.2 cm³/mol. The lowest BCUT2D eigenvalue weighted by atomic mass is 9.71. The normalized spacial score (nSPS) is 19.0. The van der Waals surface area contributed by atoms with Crippen LogP contribution in [0.1, 0.15) is 22.5 Å². The van der Waals surface area contributed by atoms with Gasteiger partial charge in [-0.05, 0) is 5.56 Å². The number of H-pyrrole nitrogens is 2. The number of hydrogen-bond acceptors (Lipinski definition) is 4. The summed E-state index contributed by atoms with van der Waals surface area (Å²) in [5.41, 5.74) is 7.99. The molecule has 0 spiro atoms. The molecule has 1 unspecified atom stereocenters. The van der Waals surface area contributed by atoms with Crippen LogP contribution < -0.4 is 0 Å². The number of nitrogens with zero attached hydrogens (tertiary/aromatic N) is 3. The molecule has 0 saturated heterocycles. The Morgan fingerprint density at radius 3 is 2.84 bits per heavy atom. The first-order chi connectivity index (χ1) is 12.4. The van der Waals surface area contributed by atoms with Crippen molar-refractivity contribution in [3.63, 3.8) is 0 Å². The molecule has 25 heavy (non-hydrogen) atoms. The third kappa shape index (κ3) is 2.18. The molecule has 5 rings (SSSR count). The van der Waals surface area contributed by atoms with Crippen LogP contribution in [-0.2, 0) is 11.8 Å². The van der Waals surface area contributed by atoms with Crippen molar-refractivity contribution in [2.45, 2.75) is 11.8 Å². The molecular formula is C19H15N5S. The Morgan fingerprint density at radius 2 is 2.08 bits per heavy atom. The van der Waals surface area contributed by atoms with Crippen LogP contribution in [0.25, 0.3) is 17.5 Å². The highest BCUT2D eigenvalue weighted by molar-refractivity contribution is 7.07. The Labute approximate surface area is 148 Å². The summed E-state index contributed by atoms with van der Waals surface area (Å²) in [5.74, 6) is 0. The Hall–Kier alpha value is -2.99. The Balaban J connectivity index is 1.66. The number of nitrogens with one attached hydrogen (secondary N) is 2. The van der Waals surface area contributed by atoms with Gasteiger partial charge < -0.3 is 4.98 Å². The van der Waals surface area contributed by atoms with Gasteiger partial charge in [0.05, 0.1) is 34.8 Å². The van der Waals surface area contributed by atoms with Crippen LogP contribution in [0.15, 0.2) is 59.8 Å². The van der Waals surface area contributed by atoms with Crippen molar-refractivity contribution < 1.29 is 0 Å². The van der Waals surface area contributed by atoms with E-state index in [0.29, 0.717) is 0 Å². The van der Waals surface area contributed by atoms with E-state index in [1.54, 1.807) is 23.9 Å². The maximum absolute atomic E-state index is 4.63. The SMILES string of the molecule is C1=CC(c2ccccc2)(c2cscn2)Cc2[nH]nc(-c3cnc[nH]3)c21. The minimum atomic E-state index is -0.272. The first kappa shape index (κ1) is 14.4. The van der Waals surface area contributed by atoms with Gasteiger partial charge in [-0.3, -0.25) is 5.10 Å². The van der Waals surface area contributed by atoms with Crippen LogP contribution in [0, 0.1) is 0 Å². The number of benzene rings is 1. The van der Waals surface area contributed by atoms with E-state index in [4.69, 9.17) is 0 Å². The third-order valence-corrected chi connectivity index (χ3v) is 5.39. The molecule has 0 aliphatic heterocycles. The summed E-state index contributed by atoms with van der Waals surface area (Å²) in [6.45, 7) is 0. The summed E-state index contributed by atoms with van der Waals surface area (Å²) in [7, 11) is 0. The second-order valence-electron chi connectivity index (χ2n) is 6.15. The van der Waals surface area contributed by atoms with Gasteiger partial charge >= 0.3 is 0 Å². The molecule has 1 atom stereocenters. The molecule has 0 radical (unpaired) electrons. The molecule has 5 nitrogen and oxygen atoms in total. The van der Waals surface area contributed by atoms with E-state index in [2.05, 4.69) is 66.9 Å². The quantitative estimate of drug-likeness (QED) is 0.593. The second-order valence-corrected chi connectivity index (χ2v) is 6.87.